The molecular weight excluding hydrogens is 263 g/mol. The zero-order valence-electron chi connectivity index (χ0n) is 8.13. The van der Waals surface area contributed by atoms with E-state index in [-0.39, 0.29) is 11.8 Å². The van der Waals surface area contributed by atoms with Crippen LogP contribution < -0.4 is 5.73 Å². The molecule has 0 bridgehead atoms. The third-order valence-corrected chi connectivity index (χ3v) is 3.03. The van der Waals surface area contributed by atoms with Crippen molar-refractivity contribution in [2.24, 2.45) is 10.7 Å². The molecule has 1 aliphatic rings. The molecule has 0 amide bonds. The molecule has 0 aliphatic carbocycles. The second kappa shape index (κ2) is 3.48. The maximum Gasteiger partial charge on any atom is 0.283 e. The van der Waals surface area contributed by atoms with Crippen molar-refractivity contribution in [1.82, 2.24) is 0 Å². The highest BCUT2D eigenvalue weighted by Crippen LogP contribution is 2.34. The van der Waals surface area contributed by atoms with E-state index in [1.54, 1.807) is 6.07 Å². The Kier molecular flexibility index (Phi) is 2.42. The summed E-state index contributed by atoms with van der Waals surface area (Å²) in [6.45, 7) is 2.27. The van der Waals surface area contributed by atoms with Crippen molar-refractivity contribution in [1.29, 1.82) is 0 Å². The van der Waals surface area contributed by atoms with E-state index in [1.807, 2.05) is 6.92 Å². The molecular formula is C10H10BrFN2O. The fourth-order valence-corrected chi connectivity index (χ4v) is 2.36. The summed E-state index contributed by atoms with van der Waals surface area (Å²) >= 11 is 3.31. The number of hydrogen-bond donors (Lipinski definition) is 1. The van der Waals surface area contributed by atoms with E-state index in [9.17, 15) is 4.39 Å². The molecule has 1 heterocycles. The SMILES string of the molecule is CC1(c2ccc(F)cc2Br)COC(N)=N1. The van der Waals surface area contributed by atoms with Crippen LogP contribution in [0.5, 0.6) is 0 Å². The van der Waals surface area contributed by atoms with Crippen molar-refractivity contribution < 1.29 is 9.13 Å². The largest absolute Gasteiger partial charge is 0.462 e. The van der Waals surface area contributed by atoms with Gasteiger partial charge in [-0.05, 0) is 24.6 Å². The van der Waals surface area contributed by atoms with Gasteiger partial charge in [0.1, 0.15) is 18.0 Å². The van der Waals surface area contributed by atoms with Gasteiger partial charge in [0.05, 0.1) is 0 Å². The van der Waals surface area contributed by atoms with Crippen molar-refractivity contribution in [3.05, 3.63) is 34.1 Å². The molecule has 0 spiro atoms. The van der Waals surface area contributed by atoms with Crippen LogP contribution in [-0.2, 0) is 10.3 Å². The summed E-state index contributed by atoms with van der Waals surface area (Å²) in [6, 6.07) is 4.67. The molecule has 0 radical (unpaired) electrons. The van der Waals surface area contributed by atoms with Crippen LogP contribution in [0.2, 0.25) is 0 Å². The number of nitrogens with two attached hydrogens (primary N) is 1. The first kappa shape index (κ1) is 10.4. The smallest absolute Gasteiger partial charge is 0.283 e. The van der Waals surface area contributed by atoms with Crippen molar-refractivity contribution >= 4 is 22.0 Å². The standard InChI is InChI=1S/C10H10BrFN2O/c1-10(5-15-9(13)14-10)7-3-2-6(12)4-8(7)11/h2-4H,5H2,1H3,(H2,13,14). The lowest BCUT2D eigenvalue weighted by molar-refractivity contribution is 0.266. The van der Waals surface area contributed by atoms with Gasteiger partial charge in [-0.15, -0.1) is 0 Å². The van der Waals surface area contributed by atoms with Gasteiger partial charge >= 0.3 is 0 Å². The first-order chi connectivity index (χ1) is 7.01. The Morgan fingerprint density at radius 1 is 1.60 bits per heavy atom. The number of nitrogens with zero attached hydrogens (tertiary/aromatic N) is 1. The van der Waals surface area contributed by atoms with Crippen molar-refractivity contribution in [2.75, 3.05) is 6.61 Å². The van der Waals surface area contributed by atoms with E-state index in [4.69, 9.17) is 10.5 Å². The topological polar surface area (TPSA) is 47.6 Å². The van der Waals surface area contributed by atoms with Crippen LogP contribution in [0.15, 0.2) is 27.7 Å². The van der Waals surface area contributed by atoms with Crippen LogP contribution in [0.4, 0.5) is 4.39 Å². The quantitative estimate of drug-likeness (QED) is 0.852. The second-order valence-electron chi connectivity index (χ2n) is 3.64. The van der Waals surface area contributed by atoms with E-state index >= 15 is 0 Å². The van der Waals surface area contributed by atoms with Gasteiger partial charge in [-0.25, -0.2) is 9.38 Å². The molecule has 1 aromatic carbocycles. The van der Waals surface area contributed by atoms with Gasteiger partial charge in [-0.3, -0.25) is 0 Å². The van der Waals surface area contributed by atoms with Gasteiger partial charge in [-0.1, -0.05) is 22.0 Å². The number of hydrogen-bond acceptors (Lipinski definition) is 3. The molecule has 1 atom stereocenters. The molecule has 0 aromatic heterocycles. The van der Waals surface area contributed by atoms with Crippen LogP contribution >= 0.6 is 15.9 Å². The molecule has 1 aliphatic heterocycles. The van der Waals surface area contributed by atoms with Crippen LogP contribution in [0, 0.1) is 5.82 Å². The summed E-state index contributed by atoms with van der Waals surface area (Å²) in [7, 11) is 0. The summed E-state index contributed by atoms with van der Waals surface area (Å²) < 4.78 is 18.7. The fourth-order valence-electron chi connectivity index (χ4n) is 1.59. The second-order valence-corrected chi connectivity index (χ2v) is 4.49. The van der Waals surface area contributed by atoms with Crippen LogP contribution in [0.1, 0.15) is 12.5 Å². The molecule has 0 saturated carbocycles. The Labute approximate surface area is 95.3 Å². The number of halogens is 2. The molecule has 15 heavy (non-hydrogen) atoms. The van der Waals surface area contributed by atoms with E-state index in [1.165, 1.54) is 12.1 Å². The minimum atomic E-state index is -0.531. The minimum Gasteiger partial charge on any atom is -0.462 e. The summed E-state index contributed by atoms with van der Waals surface area (Å²) in [4.78, 5) is 4.20. The van der Waals surface area contributed by atoms with Gasteiger partial charge in [0, 0.05) is 4.47 Å². The Bertz CT molecular complexity index is 435. The molecule has 1 aromatic rings. The van der Waals surface area contributed by atoms with E-state index < -0.39 is 5.54 Å². The van der Waals surface area contributed by atoms with Crippen LogP contribution in [-0.4, -0.2) is 12.6 Å². The highest BCUT2D eigenvalue weighted by atomic mass is 79.9. The molecule has 80 valence electrons. The van der Waals surface area contributed by atoms with Crippen LogP contribution in [0.3, 0.4) is 0 Å². The zero-order valence-corrected chi connectivity index (χ0v) is 9.71. The van der Waals surface area contributed by atoms with Gasteiger partial charge in [0.2, 0.25) is 0 Å². The van der Waals surface area contributed by atoms with E-state index in [2.05, 4.69) is 20.9 Å². The Hall–Kier alpha value is -1.10. The summed E-state index contributed by atoms with van der Waals surface area (Å²) in [6.07, 6.45) is 0. The van der Waals surface area contributed by atoms with Gasteiger partial charge in [-0.2, -0.15) is 0 Å². The minimum absolute atomic E-state index is 0.175. The number of rotatable bonds is 1. The normalized spacial score (nSPS) is 24.9. The van der Waals surface area contributed by atoms with E-state index in [0.717, 1.165) is 5.56 Å². The monoisotopic (exact) mass is 272 g/mol. The van der Waals surface area contributed by atoms with Crippen LogP contribution in [0.25, 0.3) is 0 Å². The first-order valence-electron chi connectivity index (χ1n) is 4.45. The maximum atomic E-state index is 12.9. The molecule has 3 nitrogen and oxygen atoms in total. The van der Waals surface area contributed by atoms with Crippen molar-refractivity contribution in [3.8, 4) is 0 Å². The fraction of sp³-hybridized carbons (Fsp3) is 0.300. The van der Waals surface area contributed by atoms with Gasteiger partial charge in [0.15, 0.2) is 0 Å². The molecule has 1 unspecified atom stereocenters. The Morgan fingerprint density at radius 3 is 2.87 bits per heavy atom. The zero-order chi connectivity index (χ0) is 11.1. The summed E-state index contributed by atoms with van der Waals surface area (Å²) in [5.74, 6) is -0.287. The van der Waals surface area contributed by atoms with Crippen molar-refractivity contribution in [3.63, 3.8) is 0 Å². The highest BCUT2D eigenvalue weighted by Gasteiger charge is 2.34. The predicted octanol–water partition coefficient (Wildman–Crippen LogP) is 2.15. The average Bonchev–Trinajstić information content (AvgIpc) is 2.46. The maximum absolute atomic E-state index is 12.9. The average molecular weight is 273 g/mol. The molecule has 2 N–H and O–H groups in total. The third-order valence-electron chi connectivity index (χ3n) is 2.37. The highest BCUT2D eigenvalue weighted by molar-refractivity contribution is 9.10. The number of amidine groups is 1. The molecule has 5 heteroatoms. The lowest BCUT2D eigenvalue weighted by atomic mass is 9.94. The molecule has 0 saturated heterocycles. The number of ether oxygens (including phenoxy) is 1. The Morgan fingerprint density at radius 2 is 2.33 bits per heavy atom. The van der Waals surface area contributed by atoms with Crippen molar-refractivity contribution in [2.45, 2.75) is 12.5 Å². The molecule has 2 rings (SSSR count). The number of benzene rings is 1. The summed E-state index contributed by atoms with van der Waals surface area (Å²) in [5.41, 5.74) is 5.80. The third kappa shape index (κ3) is 1.84. The summed E-state index contributed by atoms with van der Waals surface area (Å²) in [5, 5.41) is 0. The molecule has 0 fully saturated rings. The number of aliphatic imine (C=N–C) groups is 1. The Balaban J connectivity index is 2.46. The lowest BCUT2D eigenvalue weighted by Crippen LogP contribution is -2.21. The van der Waals surface area contributed by atoms with E-state index in [0.29, 0.717) is 11.1 Å². The first-order valence-corrected chi connectivity index (χ1v) is 5.24. The van der Waals surface area contributed by atoms with Gasteiger partial charge in [0.25, 0.3) is 6.02 Å². The van der Waals surface area contributed by atoms with Gasteiger partial charge < -0.3 is 10.5 Å². The predicted molar refractivity (Wildman–Crippen MR) is 59.0 cm³/mol. The lowest BCUT2D eigenvalue weighted by Gasteiger charge is -2.20.